The first-order valence-electron chi connectivity index (χ1n) is 11.8. The van der Waals surface area contributed by atoms with Crippen LogP contribution in [0.1, 0.15) is 72.3 Å². The molecule has 2 aliphatic carbocycles. The van der Waals surface area contributed by atoms with Crippen molar-refractivity contribution in [2.24, 2.45) is 11.3 Å². The maximum absolute atomic E-state index is 13.9. The number of fused-ring (bicyclic) bond motifs is 2. The van der Waals surface area contributed by atoms with Crippen molar-refractivity contribution in [3.8, 4) is 11.8 Å². The molecule has 5 rings (SSSR count). The minimum atomic E-state index is -0.112. The van der Waals surface area contributed by atoms with E-state index in [4.69, 9.17) is 4.98 Å². The quantitative estimate of drug-likeness (QED) is 0.335. The average molecular weight is 432 g/mol. The van der Waals surface area contributed by atoms with Crippen molar-refractivity contribution in [2.45, 2.75) is 46.0 Å². The Morgan fingerprint density at radius 2 is 1.82 bits per heavy atom. The second-order valence-corrected chi connectivity index (χ2v) is 10.2. The third-order valence-electron chi connectivity index (χ3n) is 6.67. The summed E-state index contributed by atoms with van der Waals surface area (Å²) in [7, 11) is 0. The Kier molecular flexibility index (Phi) is 5.51. The molecule has 1 aromatic heterocycles. The number of benzene rings is 2. The molecule has 1 unspecified atom stereocenters. The van der Waals surface area contributed by atoms with Crippen molar-refractivity contribution >= 4 is 11.4 Å². The molecule has 0 saturated heterocycles. The predicted molar refractivity (Wildman–Crippen MR) is 134 cm³/mol. The summed E-state index contributed by atoms with van der Waals surface area (Å²) in [4.78, 5) is 18.6. The zero-order valence-electron chi connectivity index (χ0n) is 19.6. The summed E-state index contributed by atoms with van der Waals surface area (Å²) in [5.74, 6) is 6.63. The molecule has 0 spiro atoms. The van der Waals surface area contributed by atoms with Crippen molar-refractivity contribution in [3.05, 3.63) is 106 Å². The predicted octanol–water partition coefficient (Wildman–Crippen LogP) is 6.87. The van der Waals surface area contributed by atoms with Crippen LogP contribution in [0.15, 0.2) is 78.5 Å². The Balaban J connectivity index is 1.53. The van der Waals surface area contributed by atoms with Crippen LogP contribution in [0.4, 0.5) is 0 Å². The number of Topliss-reactive ketones (excluding diaryl/α,β-unsaturated/α-hetero) is 1. The molecule has 0 bridgehead atoms. The van der Waals surface area contributed by atoms with Gasteiger partial charge in [-0.2, -0.15) is 0 Å². The molecule has 1 heterocycles. The van der Waals surface area contributed by atoms with Gasteiger partial charge in [0.2, 0.25) is 0 Å². The van der Waals surface area contributed by atoms with Gasteiger partial charge in [-0.1, -0.05) is 59.9 Å². The van der Waals surface area contributed by atoms with E-state index in [1.165, 1.54) is 22.3 Å². The number of hydrogen-bond acceptors (Lipinski definition) is 2. The molecule has 0 aliphatic heterocycles. The minimum absolute atomic E-state index is 0.0131. The highest BCUT2D eigenvalue weighted by Gasteiger charge is 2.40. The number of aromatic nitrogens is 1. The SMILES string of the molecule is CC(C)(C)C#Cc1cccc(C(=O)C2CCC3=C(Cc4ccccc43)[C@H]2c2ccccn2)c1. The smallest absolute Gasteiger partial charge is 0.166 e. The van der Waals surface area contributed by atoms with Crippen molar-refractivity contribution in [3.63, 3.8) is 0 Å². The van der Waals surface area contributed by atoms with Gasteiger partial charge in [0.1, 0.15) is 0 Å². The van der Waals surface area contributed by atoms with E-state index in [1.54, 1.807) is 0 Å². The number of hydrogen-bond donors (Lipinski definition) is 0. The van der Waals surface area contributed by atoms with E-state index in [-0.39, 0.29) is 23.0 Å². The lowest BCUT2D eigenvalue weighted by Crippen LogP contribution is -2.28. The van der Waals surface area contributed by atoms with Gasteiger partial charge in [0.25, 0.3) is 0 Å². The lowest BCUT2D eigenvalue weighted by molar-refractivity contribution is 0.0896. The zero-order valence-corrected chi connectivity index (χ0v) is 19.6. The summed E-state index contributed by atoms with van der Waals surface area (Å²) in [5.41, 5.74) is 8.11. The fourth-order valence-corrected chi connectivity index (χ4v) is 5.21. The monoisotopic (exact) mass is 431 g/mol. The van der Waals surface area contributed by atoms with Crippen LogP contribution in [-0.4, -0.2) is 10.8 Å². The first kappa shape index (κ1) is 21.4. The van der Waals surface area contributed by atoms with Crippen LogP contribution in [0, 0.1) is 23.2 Å². The Labute approximate surface area is 196 Å². The van der Waals surface area contributed by atoms with E-state index in [2.05, 4.69) is 62.9 Å². The van der Waals surface area contributed by atoms with Gasteiger partial charge in [0.15, 0.2) is 5.78 Å². The number of carbonyl (C=O) groups excluding carboxylic acids is 1. The highest BCUT2D eigenvalue weighted by molar-refractivity contribution is 6.00. The summed E-state index contributed by atoms with van der Waals surface area (Å²) in [6, 6.07) is 22.6. The van der Waals surface area contributed by atoms with E-state index >= 15 is 0 Å². The highest BCUT2D eigenvalue weighted by Crippen LogP contribution is 2.50. The molecule has 0 N–H and O–H groups in total. The molecule has 164 valence electrons. The number of nitrogens with zero attached hydrogens (tertiary/aromatic N) is 1. The Bertz CT molecular complexity index is 1300. The molecular weight excluding hydrogens is 402 g/mol. The molecular formula is C31H29NO. The Morgan fingerprint density at radius 1 is 1.00 bits per heavy atom. The number of rotatable bonds is 3. The molecule has 2 heteroatoms. The van der Waals surface area contributed by atoms with Crippen molar-refractivity contribution in [1.29, 1.82) is 0 Å². The third kappa shape index (κ3) is 4.29. The van der Waals surface area contributed by atoms with E-state index in [1.807, 2.05) is 42.6 Å². The number of ketones is 1. The lowest BCUT2D eigenvalue weighted by atomic mass is 9.70. The van der Waals surface area contributed by atoms with Gasteiger partial charge in [0.05, 0.1) is 0 Å². The molecule has 2 aliphatic rings. The van der Waals surface area contributed by atoms with Crippen LogP contribution >= 0.6 is 0 Å². The molecule has 0 saturated carbocycles. The summed E-state index contributed by atoms with van der Waals surface area (Å²) >= 11 is 0. The Hall–Kier alpha value is -3.44. The summed E-state index contributed by atoms with van der Waals surface area (Å²) in [6.07, 6.45) is 4.53. The molecule has 2 atom stereocenters. The normalized spacial score (nSPS) is 19.4. The van der Waals surface area contributed by atoms with Gasteiger partial charge >= 0.3 is 0 Å². The lowest BCUT2D eigenvalue weighted by Gasteiger charge is -2.32. The van der Waals surface area contributed by atoms with E-state index in [9.17, 15) is 4.79 Å². The summed E-state index contributed by atoms with van der Waals surface area (Å²) in [6.45, 7) is 6.29. The molecule has 3 aromatic rings. The van der Waals surface area contributed by atoms with E-state index in [0.717, 1.165) is 36.1 Å². The topological polar surface area (TPSA) is 30.0 Å². The maximum Gasteiger partial charge on any atom is 0.166 e. The van der Waals surface area contributed by atoms with Crippen LogP contribution < -0.4 is 0 Å². The number of carbonyl (C=O) groups is 1. The van der Waals surface area contributed by atoms with E-state index < -0.39 is 0 Å². The molecule has 0 amide bonds. The van der Waals surface area contributed by atoms with Crippen molar-refractivity contribution in [2.75, 3.05) is 0 Å². The highest BCUT2D eigenvalue weighted by atomic mass is 16.1. The second-order valence-electron chi connectivity index (χ2n) is 10.2. The fourth-order valence-electron chi connectivity index (χ4n) is 5.21. The van der Waals surface area contributed by atoms with E-state index in [0.29, 0.717) is 0 Å². The minimum Gasteiger partial charge on any atom is -0.294 e. The summed E-state index contributed by atoms with van der Waals surface area (Å²) in [5, 5.41) is 0. The van der Waals surface area contributed by atoms with Gasteiger partial charge in [0, 0.05) is 40.3 Å². The molecule has 33 heavy (non-hydrogen) atoms. The standard InChI is InChI=1S/C31H29NO/c1-31(2,3)17-16-21-9-8-11-23(19-21)30(33)26-15-14-25-24-12-5-4-10-22(24)20-27(25)29(26)28-13-6-7-18-32-28/h4-13,18-19,26,29H,14-15,20H2,1-3H3/t26?,29-/m0/s1. The van der Waals surface area contributed by atoms with Gasteiger partial charge in [-0.25, -0.2) is 0 Å². The molecule has 2 aromatic carbocycles. The zero-order chi connectivity index (χ0) is 23.0. The molecule has 0 fully saturated rings. The largest absolute Gasteiger partial charge is 0.294 e. The average Bonchev–Trinajstić information content (AvgIpc) is 3.21. The Morgan fingerprint density at radius 3 is 2.61 bits per heavy atom. The number of allylic oxidation sites excluding steroid dienone is 2. The van der Waals surface area contributed by atoms with Gasteiger partial charge in [-0.15, -0.1) is 0 Å². The van der Waals surface area contributed by atoms with Crippen LogP contribution in [0.25, 0.3) is 5.57 Å². The third-order valence-corrected chi connectivity index (χ3v) is 6.67. The van der Waals surface area contributed by atoms with Crippen LogP contribution in [-0.2, 0) is 6.42 Å². The summed E-state index contributed by atoms with van der Waals surface area (Å²) < 4.78 is 0. The fraction of sp³-hybridized carbons (Fsp3) is 0.290. The van der Waals surface area contributed by atoms with Gasteiger partial charge in [-0.3, -0.25) is 9.78 Å². The number of pyridine rings is 1. The van der Waals surface area contributed by atoms with Crippen LogP contribution in [0.5, 0.6) is 0 Å². The second kappa shape index (κ2) is 8.49. The first-order chi connectivity index (χ1) is 15.9. The van der Waals surface area contributed by atoms with Crippen molar-refractivity contribution in [1.82, 2.24) is 4.98 Å². The van der Waals surface area contributed by atoms with Crippen LogP contribution in [0.3, 0.4) is 0 Å². The van der Waals surface area contributed by atoms with Gasteiger partial charge < -0.3 is 0 Å². The molecule has 2 nitrogen and oxygen atoms in total. The first-order valence-corrected chi connectivity index (χ1v) is 11.8. The molecule has 0 radical (unpaired) electrons. The van der Waals surface area contributed by atoms with Crippen LogP contribution in [0.2, 0.25) is 0 Å². The van der Waals surface area contributed by atoms with Crippen molar-refractivity contribution < 1.29 is 4.79 Å². The van der Waals surface area contributed by atoms with Gasteiger partial charge in [-0.05, 0) is 81.0 Å². The maximum atomic E-state index is 13.9.